The van der Waals surface area contributed by atoms with Crippen LogP contribution in [0.25, 0.3) is 0 Å². The second-order valence-electron chi connectivity index (χ2n) is 9.09. The zero-order valence-electron chi connectivity index (χ0n) is 20.8. The number of aliphatic hydroxyl groups excluding tert-OH is 4. The smallest absolute Gasteiger partial charge is 0.303 e. The number of carbonyl (C=O) groups excluding carboxylic acids is 1. The van der Waals surface area contributed by atoms with E-state index in [1.54, 1.807) is 0 Å². The molecule has 0 saturated heterocycles. The largest absolute Gasteiger partial charge is 0.481 e. The molecule has 0 fully saturated rings. The number of carboxylic acid groups (broad SMARTS) is 1. The SMILES string of the molecule is CCCCCCCCCCCCCCCCCC(=O)O.C[C@](O)([C@H](O)[C@H](O)CO)[C@@H](O)C=O. The summed E-state index contributed by atoms with van der Waals surface area (Å²) in [5, 5.41) is 53.3. The van der Waals surface area contributed by atoms with Crippen LogP contribution < -0.4 is 0 Å². The first kappa shape index (κ1) is 34.1. The van der Waals surface area contributed by atoms with E-state index in [2.05, 4.69) is 6.92 Å². The molecule has 0 saturated carbocycles. The molecule has 0 amide bonds. The first-order valence-electron chi connectivity index (χ1n) is 12.7. The van der Waals surface area contributed by atoms with Crippen LogP contribution in [0.2, 0.25) is 0 Å². The van der Waals surface area contributed by atoms with Gasteiger partial charge in [-0.1, -0.05) is 96.8 Å². The van der Waals surface area contributed by atoms with Gasteiger partial charge < -0.3 is 35.4 Å². The number of unbranched alkanes of at least 4 members (excludes halogenated alkanes) is 14. The summed E-state index contributed by atoms with van der Waals surface area (Å²) in [6, 6.07) is 0. The summed E-state index contributed by atoms with van der Waals surface area (Å²) in [5.41, 5.74) is -2.18. The fraction of sp³-hybridized carbons (Fsp3) is 0.920. The van der Waals surface area contributed by atoms with Gasteiger partial charge in [-0.25, -0.2) is 0 Å². The van der Waals surface area contributed by atoms with Crippen LogP contribution in [0, 0.1) is 0 Å². The summed E-state index contributed by atoms with van der Waals surface area (Å²) in [6.45, 7) is 2.48. The van der Waals surface area contributed by atoms with Crippen molar-refractivity contribution in [1.29, 1.82) is 0 Å². The Morgan fingerprint density at radius 1 is 0.788 bits per heavy atom. The fourth-order valence-electron chi connectivity index (χ4n) is 3.45. The van der Waals surface area contributed by atoms with Crippen LogP contribution >= 0.6 is 0 Å². The molecule has 0 spiro atoms. The highest BCUT2D eigenvalue weighted by Crippen LogP contribution is 2.17. The van der Waals surface area contributed by atoms with Crippen molar-refractivity contribution in [2.24, 2.45) is 0 Å². The van der Waals surface area contributed by atoms with Crippen molar-refractivity contribution in [2.75, 3.05) is 6.61 Å². The third kappa shape index (κ3) is 20.1. The molecule has 0 aromatic heterocycles. The quantitative estimate of drug-likeness (QED) is 0.108. The number of hydrogen-bond donors (Lipinski definition) is 6. The Hall–Kier alpha value is -1.06. The first-order valence-corrected chi connectivity index (χ1v) is 12.7. The number of carbonyl (C=O) groups is 2. The molecule has 0 aromatic rings. The van der Waals surface area contributed by atoms with Crippen molar-refractivity contribution < 1.29 is 40.2 Å². The van der Waals surface area contributed by atoms with Crippen LogP contribution in [0.4, 0.5) is 0 Å². The van der Waals surface area contributed by atoms with Gasteiger partial charge in [0.2, 0.25) is 0 Å². The van der Waals surface area contributed by atoms with E-state index in [-0.39, 0.29) is 6.29 Å². The molecule has 0 aliphatic carbocycles. The van der Waals surface area contributed by atoms with Gasteiger partial charge in [0.05, 0.1) is 6.61 Å². The van der Waals surface area contributed by atoms with Crippen molar-refractivity contribution in [3.05, 3.63) is 0 Å². The zero-order valence-corrected chi connectivity index (χ0v) is 20.8. The highest BCUT2D eigenvalue weighted by molar-refractivity contribution is 5.66. The monoisotopic (exact) mass is 478 g/mol. The Kier molecular flexibility index (Phi) is 23.5. The van der Waals surface area contributed by atoms with Gasteiger partial charge in [-0.05, 0) is 13.3 Å². The summed E-state index contributed by atoms with van der Waals surface area (Å²) < 4.78 is 0. The average Bonchev–Trinajstić information content (AvgIpc) is 2.80. The van der Waals surface area contributed by atoms with Gasteiger partial charge in [0.15, 0.2) is 6.29 Å². The lowest BCUT2D eigenvalue weighted by atomic mass is 9.90. The maximum Gasteiger partial charge on any atom is 0.303 e. The second-order valence-corrected chi connectivity index (χ2v) is 9.09. The zero-order chi connectivity index (χ0) is 25.5. The molecule has 6 N–H and O–H groups in total. The van der Waals surface area contributed by atoms with E-state index in [1.807, 2.05) is 0 Å². The molecule has 0 bridgehead atoms. The van der Waals surface area contributed by atoms with Crippen molar-refractivity contribution in [3.8, 4) is 0 Å². The van der Waals surface area contributed by atoms with Crippen molar-refractivity contribution in [1.82, 2.24) is 0 Å². The van der Waals surface area contributed by atoms with Gasteiger partial charge in [0, 0.05) is 6.42 Å². The van der Waals surface area contributed by atoms with Crippen LogP contribution in [0.15, 0.2) is 0 Å². The number of aliphatic hydroxyl groups is 5. The topological polar surface area (TPSA) is 156 Å². The molecule has 8 nitrogen and oxygen atoms in total. The van der Waals surface area contributed by atoms with Gasteiger partial charge in [-0.3, -0.25) is 4.79 Å². The van der Waals surface area contributed by atoms with Gasteiger partial charge in [-0.15, -0.1) is 0 Å². The third-order valence-corrected chi connectivity index (χ3v) is 5.87. The van der Waals surface area contributed by atoms with Crippen LogP contribution in [-0.4, -0.2) is 73.4 Å². The lowest BCUT2D eigenvalue weighted by molar-refractivity contribution is -0.173. The molecular formula is C25H50O8. The summed E-state index contributed by atoms with van der Waals surface area (Å²) in [5.74, 6) is -0.653. The maximum atomic E-state index is 10.3. The molecule has 0 unspecified atom stereocenters. The van der Waals surface area contributed by atoms with Crippen molar-refractivity contribution in [2.45, 2.75) is 140 Å². The molecular weight excluding hydrogens is 428 g/mol. The summed E-state index contributed by atoms with van der Waals surface area (Å²) in [4.78, 5) is 20.4. The van der Waals surface area contributed by atoms with Crippen molar-refractivity contribution >= 4 is 12.3 Å². The molecule has 0 aliphatic heterocycles. The molecule has 198 valence electrons. The van der Waals surface area contributed by atoms with Crippen LogP contribution in [0.5, 0.6) is 0 Å². The average molecular weight is 479 g/mol. The van der Waals surface area contributed by atoms with E-state index < -0.39 is 36.5 Å². The Morgan fingerprint density at radius 3 is 1.45 bits per heavy atom. The Balaban J connectivity index is 0. The second kappa shape index (κ2) is 22.7. The fourth-order valence-corrected chi connectivity index (χ4v) is 3.45. The highest BCUT2D eigenvalue weighted by atomic mass is 16.4. The molecule has 0 radical (unpaired) electrons. The highest BCUT2D eigenvalue weighted by Gasteiger charge is 2.41. The predicted molar refractivity (Wildman–Crippen MR) is 129 cm³/mol. The summed E-state index contributed by atoms with van der Waals surface area (Å²) >= 11 is 0. The van der Waals surface area contributed by atoms with Gasteiger partial charge in [0.1, 0.15) is 23.9 Å². The lowest BCUT2D eigenvalue weighted by Crippen LogP contribution is -2.56. The standard InChI is InChI=1S/C18H36O2.C7H14O6/c1-2-3-4-5-6-7-8-9-10-11-12-13-14-15-16-17-18(19)20;1-7(13,5(11)3-9)6(12)4(10)2-8/h2-17H2,1H3,(H,19,20);3-6,8,10-13H,2H2,1H3/t;4-,5+,6-,7-/m.1/s1. The molecule has 4 atom stereocenters. The molecule has 8 heteroatoms. The Bertz CT molecular complexity index is 456. The van der Waals surface area contributed by atoms with Gasteiger partial charge in [0.25, 0.3) is 0 Å². The summed E-state index contributed by atoms with van der Waals surface area (Å²) in [7, 11) is 0. The Morgan fingerprint density at radius 2 is 1.15 bits per heavy atom. The minimum absolute atomic E-state index is 0.0350. The van der Waals surface area contributed by atoms with Crippen LogP contribution in [-0.2, 0) is 9.59 Å². The molecule has 0 aliphatic rings. The van der Waals surface area contributed by atoms with Crippen molar-refractivity contribution in [3.63, 3.8) is 0 Å². The Labute approximate surface area is 200 Å². The van der Waals surface area contributed by atoms with E-state index in [0.717, 1.165) is 19.8 Å². The minimum atomic E-state index is -2.18. The third-order valence-electron chi connectivity index (χ3n) is 5.87. The number of aliphatic carboxylic acids is 1. The van der Waals surface area contributed by atoms with E-state index >= 15 is 0 Å². The number of aldehydes is 1. The van der Waals surface area contributed by atoms with Crippen LogP contribution in [0.3, 0.4) is 0 Å². The minimum Gasteiger partial charge on any atom is -0.481 e. The molecule has 0 aromatic carbocycles. The normalized spacial score (nSPS) is 15.6. The lowest BCUT2D eigenvalue weighted by Gasteiger charge is -2.32. The number of carboxylic acids is 1. The van der Waals surface area contributed by atoms with E-state index in [0.29, 0.717) is 6.42 Å². The number of hydrogen-bond acceptors (Lipinski definition) is 7. The maximum absolute atomic E-state index is 10.3. The molecule has 0 heterocycles. The first-order chi connectivity index (χ1) is 15.6. The van der Waals surface area contributed by atoms with Gasteiger partial charge in [-0.2, -0.15) is 0 Å². The number of rotatable bonds is 21. The van der Waals surface area contributed by atoms with E-state index in [1.165, 1.54) is 83.5 Å². The summed E-state index contributed by atoms with van der Waals surface area (Å²) in [6.07, 6.45) is 15.0. The molecule has 33 heavy (non-hydrogen) atoms. The molecule has 0 rings (SSSR count). The van der Waals surface area contributed by atoms with Gasteiger partial charge >= 0.3 is 5.97 Å². The van der Waals surface area contributed by atoms with E-state index in [4.69, 9.17) is 25.5 Å². The van der Waals surface area contributed by atoms with Crippen LogP contribution in [0.1, 0.15) is 117 Å². The predicted octanol–water partition coefficient (Wildman–Crippen LogP) is 3.34. The van der Waals surface area contributed by atoms with E-state index in [9.17, 15) is 14.7 Å².